The van der Waals surface area contributed by atoms with Gasteiger partial charge in [-0.2, -0.15) is 0 Å². The first kappa shape index (κ1) is 16.3. The lowest BCUT2D eigenvalue weighted by molar-refractivity contribution is -0.145. The van der Waals surface area contributed by atoms with Crippen molar-refractivity contribution in [2.75, 3.05) is 6.61 Å². The summed E-state index contributed by atoms with van der Waals surface area (Å²) in [5.74, 6) is -1.45. The summed E-state index contributed by atoms with van der Waals surface area (Å²) < 4.78 is 4.79. The number of amides is 2. The maximum atomic E-state index is 11.9. The van der Waals surface area contributed by atoms with E-state index in [-0.39, 0.29) is 13.0 Å². The minimum absolute atomic E-state index is 0.103. The Hall–Kier alpha value is -1.79. The normalized spacial score (nSPS) is 18.1. The van der Waals surface area contributed by atoms with Crippen LogP contribution < -0.4 is 10.6 Å². The molecule has 0 radical (unpaired) electrons. The molecular weight excluding hydrogens is 264 g/mol. The third-order valence-corrected chi connectivity index (χ3v) is 3.42. The van der Waals surface area contributed by atoms with Crippen molar-refractivity contribution < 1.29 is 24.2 Å². The van der Waals surface area contributed by atoms with Gasteiger partial charge in [0.15, 0.2) is 0 Å². The molecule has 0 bridgehead atoms. The molecule has 7 heteroatoms. The Bertz CT molecular complexity index is 377. The van der Waals surface area contributed by atoms with Crippen LogP contribution in [0.25, 0.3) is 0 Å². The summed E-state index contributed by atoms with van der Waals surface area (Å²) in [5, 5.41) is 14.1. The molecule has 20 heavy (non-hydrogen) atoms. The molecule has 0 spiro atoms. The number of hydrogen-bond donors (Lipinski definition) is 3. The van der Waals surface area contributed by atoms with Crippen LogP contribution >= 0.6 is 0 Å². The van der Waals surface area contributed by atoms with E-state index in [1.807, 2.05) is 0 Å². The van der Waals surface area contributed by atoms with Crippen LogP contribution in [0.1, 0.15) is 46.0 Å². The molecule has 0 saturated heterocycles. The van der Waals surface area contributed by atoms with E-state index in [0.717, 1.165) is 12.8 Å². The molecule has 0 aromatic rings. The standard InChI is InChI=1S/C13H22N2O5/c1-3-20-11(18)9(2)14-12(19)15-13(8-10(16)17)6-4-5-7-13/h9H,3-8H2,1-2H3,(H,16,17)(H2,14,15,19). The summed E-state index contributed by atoms with van der Waals surface area (Å²) >= 11 is 0. The van der Waals surface area contributed by atoms with Crippen molar-refractivity contribution in [3.63, 3.8) is 0 Å². The maximum Gasteiger partial charge on any atom is 0.328 e. The van der Waals surface area contributed by atoms with Crippen LogP contribution in [0.5, 0.6) is 0 Å². The molecule has 0 aromatic heterocycles. The highest BCUT2D eigenvalue weighted by Crippen LogP contribution is 2.32. The highest BCUT2D eigenvalue weighted by atomic mass is 16.5. The van der Waals surface area contributed by atoms with Crippen LogP contribution in [-0.2, 0) is 14.3 Å². The predicted octanol–water partition coefficient (Wildman–Crippen LogP) is 1.02. The SMILES string of the molecule is CCOC(=O)C(C)NC(=O)NC1(CC(=O)O)CCCC1. The van der Waals surface area contributed by atoms with Crippen LogP contribution in [0, 0.1) is 0 Å². The Morgan fingerprint density at radius 1 is 1.30 bits per heavy atom. The fourth-order valence-electron chi connectivity index (χ4n) is 2.49. The molecule has 1 unspecified atom stereocenters. The lowest BCUT2D eigenvalue weighted by Crippen LogP contribution is -2.54. The van der Waals surface area contributed by atoms with Crippen LogP contribution in [0.4, 0.5) is 4.79 Å². The highest BCUT2D eigenvalue weighted by molar-refractivity contribution is 5.84. The largest absolute Gasteiger partial charge is 0.481 e. The van der Waals surface area contributed by atoms with Gasteiger partial charge in [-0.25, -0.2) is 9.59 Å². The molecule has 2 amide bonds. The topological polar surface area (TPSA) is 105 Å². The molecule has 1 saturated carbocycles. The van der Waals surface area contributed by atoms with Gasteiger partial charge < -0.3 is 20.5 Å². The van der Waals surface area contributed by atoms with Gasteiger partial charge >= 0.3 is 18.0 Å². The van der Waals surface area contributed by atoms with Gasteiger partial charge in [0, 0.05) is 0 Å². The summed E-state index contributed by atoms with van der Waals surface area (Å²) in [6.07, 6.45) is 2.96. The molecule has 1 aliphatic rings. The van der Waals surface area contributed by atoms with Crippen molar-refractivity contribution in [1.29, 1.82) is 0 Å². The minimum Gasteiger partial charge on any atom is -0.481 e. The number of carboxylic acid groups (broad SMARTS) is 1. The molecule has 3 N–H and O–H groups in total. The summed E-state index contributed by atoms with van der Waals surface area (Å²) in [4.78, 5) is 34.2. The number of carboxylic acids is 1. The van der Waals surface area contributed by atoms with E-state index in [1.54, 1.807) is 6.92 Å². The maximum absolute atomic E-state index is 11.9. The van der Waals surface area contributed by atoms with Crippen molar-refractivity contribution >= 4 is 18.0 Å². The zero-order chi connectivity index (χ0) is 15.2. The van der Waals surface area contributed by atoms with Gasteiger partial charge in [-0.15, -0.1) is 0 Å². The van der Waals surface area contributed by atoms with Gasteiger partial charge in [-0.3, -0.25) is 4.79 Å². The molecule has 0 heterocycles. The van der Waals surface area contributed by atoms with E-state index in [0.29, 0.717) is 12.8 Å². The van der Waals surface area contributed by atoms with E-state index in [4.69, 9.17) is 9.84 Å². The summed E-state index contributed by atoms with van der Waals surface area (Å²) in [5.41, 5.74) is -0.704. The number of carbonyl (C=O) groups excluding carboxylic acids is 2. The van der Waals surface area contributed by atoms with E-state index in [2.05, 4.69) is 10.6 Å². The Morgan fingerprint density at radius 3 is 2.40 bits per heavy atom. The van der Waals surface area contributed by atoms with Gasteiger partial charge in [0.1, 0.15) is 6.04 Å². The van der Waals surface area contributed by atoms with Gasteiger partial charge in [-0.1, -0.05) is 12.8 Å². The second-order valence-electron chi connectivity index (χ2n) is 5.13. The predicted molar refractivity (Wildman–Crippen MR) is 71.2 cm³/mol. The van der Waals surface area contributed by atoms with Crippen molar-refractivity contribution in [2.24, 2.45) is 0 Å². The number of rotatable bonds is 6. The minimum atomic E-state index is -0.939. The van der Waals surface area contributed by atoms with Gasteiger partial charge in [0.25, 0.3) is 0 Å². The fourth-order valence-corrected chi connectivity index (χ4v) is 2.49. The van der Waals surface area contributed by atoms with Crippen LogP contribution in [-0.4, -0.2) is 41.3 Å². The summed E-state index contributed by atoms with van der Waals surface area (Å²) in [7, 11) is 0. The molecule has 1 aliphatic carbocycles. The number of urea groups is 1. The number of carbonyl (C=O) groups is 3. The molecule has 1 atom stereocenters. The number of ether oxygens (including phenoxy) is 1. The second kappa shape index (κ2) is 7.12. The molecular formula is C13H22N2O5. The molecule has 1 rings (SSSR count). The zero-order valence-electron chi connectivity index (χ0n) is 11.9. The average Bonchev–Trinajstić information content (AvgIpc) is 2.76. The van der Waals surface area contributed by atoms with Crippen molar-refractivity contribution in [3.8, 4) is 0 Å². The van der Waals surface area contributed by atoms with Gasteiger partial charge in [-0.05, 0) is 26.7 Å². The second-order valence-corrected chi connectivity index (χ2v) is 5.13. The molecule has 0 aliphatic heterocycles. The van der Waals surface area contributed by atoms with Gasteiger partial charge in [0.05, 0.1) is 18.6 Å². The zero-order valence-corrected chi connectivity index (χ0v) is 11.9. The molecule has 114 valence electrons. The Kier molecular flexibility index (Phi) is 5.79. The van der Waals surface area contributed by atoms with Crippen molar-refractivity contribution in [1.82, 2.24) is 10.6 Å². The first-order valence-electron chi connectivity index (χ1n) is 6.85. The Morgan fingerprint density at radius 2 is 1.90 bits per heavy atom. The molecule has 1 fully saturated rings. The average molecular weight is 286 g/mol. The molecule has 0 aromatic carbocycles. The monoisotopic (exact) mass is 286 g/mol. The summed E-state index contributed by atoms with van der Waals surface area (Å²) in [6.45, 7) is 3.45. The van der Waals surface area contributed by atoms with Crippen molar-refractivity contribution in [2.45, 2.75) is 57.5 Å². The smallest absolute Gasteiger partial charge is 0.328 e. The number of esters is 1. The Balaban J connectivity index is 2.54. The van der Waals surface area contributed by atoms with E-state index < -0.39 is 29.6 Å². The highest BCUT2D eigenvalue weighted by Gasteiger charge is 2.37. The molecule has 7 nitrogen and oxygen atoms in total. The van der Waals surface area contributed by atoms with Crippen LogP contribution in [0.3, 0.4) is 0 Å². The van der Waals surface area contributed by atoms with Gasteiger partial charge in [0.2, 0.25) is 0 Å². The lowest BCUT2D eigenvalue weighted by atomic mass is 9.93. The van der Waals surface area contributed by atoms with Crippen molar-refractivity contribution in [3.05, 3.63) is 0 Å². The third-order valence-electron chi connectivity index (χ3n) is 3.42. The number of hydrogen-bond acceptors (Lipinski definition) is 4. The lowest BCUT2D eigenvalue weighted by Gasteiger charge is -2.29. The third kappa shape index (κ3) is 4.71. The quantitative estimate of drug-likeness (QED) is 0.632. The van der Waals surface area contributed by atoms with E-state index >= 15 is 0 Å². The fraction of sp³-hybridized carbons (Fsp3) is 0.769. The van der Waals surface area contributed by atoms with Crippen LogP contribution in [0.15, 0.2) is 0 Å². The first-order valence-corrected chi connectivity index (χ1v) is 6.85. The number of aliphatic carboxylic acids is 1. The Labute approximate surface area is 118 Å². The van der Waals surface area contributed by atoms with E-state index in [1.165, 1.54) is 6.92 Å². The first-order chi connectivity index (χ1) is 9.38. The van der Waals surface area contributed by atoms with Crippen LogP contribution in [0.2, 0.25) is 0 Å². The summed E-state index contributed by atoms with van der Waals surface area (Å²) in [6, 6.07) is -1.30. The van der Waals surface area contributed by atoms with E-state index in [9.17, 15) is 14.4 Å². The number of nitrogens with one attached hydrogen (secondary N) is 2.